The zero-order valence-electron chi connectivity index (χ0n) is 10.4. The van der Waals surface area contributed by atoms with Crippen LogP contribution >= 0.6 is 0 Å². The monoisotopic (exact) mass is 263 g/mol. The third kappa shape index (κ3) is 1.72. The highest BCUT2D eigenvalue weighted by Gasteiger charge is 2.53. The van der Waals surface area contributed by atoms with Gasteiger partial charge in [-0.2, -0.15) is 0 Å². The van der Waals surface area contributed by atoms with Gasteiger partial charge in [0.2, 0.25) is 11.8 Å². The second-order valence-corrected chi connectivity index (χ2v) is 5.33. The van der Waals surface area contributed by atoms with Crippen molar-refractivity contribution in [3.05, 3.63) is 24.0 Å². The fourth-order valence-electron chi connectivity index (χ4n) is 3.16. The van der Waals surface area contributed by atoms with E-state index in [0.29, 0.717) is 12.8 Å². The number of rotatable bonds is 1. The molecule has 1 spiro atoms. The highest BCUT2D eigenvalue weighted by atomic mass is 19.1. The average molecular weight is 263 g/mol. The minimum absolute atomic E-state index is 0.0587. The van der Waals surface area contributed by atoms with E-state index in [1.165, 1.54) is 12.1 Å². The van der Waals surface area contributed by atoms with Gasteiger partial charge in [0.15, 0.2) is 5.82 Å². The van der Waals surface area contributed by atoms with E-state index < -0.39 is 11.2 Å². The molecule has 1 aromatic carbocycles. The normalized spacial score (nSPS) is 21.6. The van der Waals surface area contributed by atoms with E-state index in [4.69, 9.17) is 0 Å². The number of aromatic hydroxyl groups is 1. The van der Waals surface area contributed by atoms with Gasteiger partial charge in [0, 0.05) is 12.5 Å². The molecule has 0 bridgehead atoms. The van der Waals surface area contributed by atoms with Crippen molar-refractivity contribution < 1.29 is 19.1 Å². The van der Waals surface area contributed by atoms with Gasteiger partial charge in [-0.15, -0.1) is 0 Å². The molecule has 2 aliphatic rings. The van der Waals surface area contributed by atoms with Gasteiger partial charge in [-0.1, -0.05) is 12.8 Å². The largest absolute Gasteiger partial charge is 0.508 e. The SMILES string of the molecule is O=C1CC2(CCCC2)C(=O)N1c1ccc(O)cc1F. The van der Waals surface area contributed by atoms with E-state index in [2.05, 4.69) is 0 Å². The van der Waals surface area contributed by atoms with Crippen molar-refractivity contribution in [1.29, 1.82) is 0 Å². The summed E-state index contributed by atoms with van der Waals surface area (Å²) in [5, 5.41) is 9.19. The number of benzene rings is 1. The number of phenols is 1. The van der Waals surface area contributed by atoms with Gasteiger partial charge in [0.25, 0.3) is 0 Å². The first kappa shape index (κ1) is 12.1. The van der Waals surface area contributed by atoms with Crippen molar-refractivity contribution in [3.63, 3.8) is 0 Å². The van der Waals surface area contributed by atoms with E-state index >= 15 is 0 Å². The molecule has 1 heterocycles. The van der Waals surface area contributed by atoms with Crippen molar-refractivity contribution in [1.82, 2.24) is 0 Å². The Balaban J connectivity index is 2.01. The van der Waals surface area contributed by atoms with Crippen LogP contribution in [0.3, 0.4) is 0 Å². The molecule has 1 saturated carbocycles. The van der Waals surface area contributed by atoms with Crippen LogP contribution in [0, 0.1) is 11.2 Å². The van der Waals surface area contributed by atoms with Gasteiger partial charge in [-0.05, 0) is 25.0 Å². The zero-order chi connectivity index (χ0) is 13.6. The molecule has 0 aromatic heterocycles. The Kier molecular flexibility index (Phi) is 2.59. The molecule has 2 amide bonds. The van der Waals surface area contributed by atoms with Crippen LogP contribution in [0.1, 0.15) is 32.1 Å². The third-order valence-corrected chi connectivity index (χ3v) is 4.13. The minimum atomic E-state index is -0.753. The van der Waals surface area contributed by atoms with E-state index in [9.17, 15) is 19.1 Å². The molecular weight excluding hydrogens is 249 g/mol. The summed E-state index contributed by atoms with van der Waals surface area (Å²) >= 11 is 0. The maximum absolute atomic E-state index is 13.8. The van der Waals surface area contributed by atoms with Crippen molar-refractivity contribution in [2.45, 2.75) is 32.1 Å². The zero-order valence-corrected chi connectivity index (χ0v) is 10.4. The molecule has 0 atom stereocenters. The molecule has 100 valence electrons. The summed E-state index contributed by atoms with van der Waals surface area (Å²) in [6, 6.07) is 3.46. The Bertz CT molecular complexity index is 564. The number of imide groups is 1. The summed E-state index contributed by atoms with van der Waals surface area (Å²) in [6.45, 7) is 0. The predicted octanol–water partition coefficient (Wildman–Crippen LogP) is 2.36. The highest BCUT2D eigenvalue weighted by molar-refractivity contribution is 6.22. The van der Waals surface area contributed by atoms with Crippen LogP contribution in [0.2, 0.25) is 0 Å². The lowest BCUT2D eigenvalue weighted by molar-refractivity contribution is -0.125. The third-order valence-electron chi connectivity index (χ3n) is 4.13. The maximum atomic E-state index is 13.8. The lowest BCUT2D eigenvalue weighted by Crippen LogP contribution is -2.34. The molecule has 1 N–H and O–H groups in total. The molecule has 1 aliphatic carbocycles. The first-order valence-corrected chi connectivity index (χ1v) is 6.39. The Morgan fingerprint density at radius 2 is 1.89 bits per heavy atom. The lowest BCUT2D eigenvalue weighted by Gasteiger charge is -2.21. The molecular formula is C14H14FNO3. The van der Waals surface area contributed by atoms with E-state index in [1.54, 1.807) is 0 Å². The number of phenolic OH excluding ortho intramolecular Hbond substituents is 1. The van der Waals surface area contributed by atoms with Crippen LogP contribution in [0.25, 0.3) is 0 Å². The number of carbonyl (C=O) groups excluding carboxylic acids is 2. The number of hydrogen-bond donors (Lipinski definition) is 1. The van der Waals surface area contributed by atoms with Gasteiger partial charge in [-0.25, -0.2) is 9.29 Å². The van der Waals surface area contributed by atoms with Gasteiger partial charge in [0.05, 0.1) is 11.1 Å². The van der Waals surface area contributed by atoms with Crippen molar-refractivity contribution >= 4 is 17.5 Å². The number of carbonyl (C=O) groups is 2. The minimum Gasteiger partial charge on any atom is -0.508 e. The van der Waals surface area contributed by atoms with Gasteiger partial charge in [0.1, 0.15) is 5.75 Å². The maximum Gasteiger partial charge on any atom is 0.240 e. The summed E-state index contributed by atoms with van der Waals surface area (Å²) in [7, 11) is 0. The lowest BCUT2D eigenvalue weighted by atomic mass is 9.84. The molecule has 4 nitrogen and oxygen atoms in total. The van der Waals surface area contributed by atoms with Crippen molar-refractivity contribution in [2.24, 2.45) is 5.41 Å². The van der Waals surface area contributed by atoms with Crippen molar-refractivity contribution in [3.8, 4) is 5.75 Å². The Morgan fingerprint density at radius 1 is 1.21 bits per heavy atom. The topological polar surface area (TPSA) is 57.6 Å². The fraction of sp³-hybridized carbons (Fsp3) is 0.429. The summed E-state index contributed by atoms with van der Waals surface area (Å²) < 4.78 is 13.8. The summed E-state index contributed by atoms with van der Waals surface area (Å²) in [5.41, 5.74) is -0.668. The first-order valence-electron chi connectivity index (χ1n) is 6.39. The quantitative estimate of drug-likeness (QED) is 0.791. The van der Waals surface area contributed by atoms with Crippen molar-refractivity contribution in [2.75, 3.05) is 4.90 Å². The standard InChI is InChI=1S/C14H14FNO3/c15-10-7-9(17)3-4-11(10)16-12(18)8-14(13(16)19)5-1-2-6-14/h3-4,7,17H,1-2,5-6,8H2. The highest BCUT2D eigenvalue weighted by Crippen LogP contribution is 2.48. The Labute approximate surface area is 109 Å². The van der Waals surface area contributed by atoms with Crippen LogP contribution in [-0.4, -0.2) is 16.9 Å². The van der Waals surface area contributed by atoms with Gasteiger partial charge in [-0.3, -0.25) is 9.59 Å². The molecule has 0 radical (unpaired) electrons. The predicted molar refractivity (Wildman–Crippen MR) is 66.1 cm³/mol. The van der Waals surface area contributed by atoms with Crippen LogP contribution in [0.4, 0.5) is 10.1 Å². The van der Waals surface area contributed by atoms with Gasteiger partial charge >= 0.3 is 0 Å². The number of halogens is 1. The van der Waals surface area contributed by atoms with Gasteiger partial charge < -0.3 is 5.11 Å². The molecule has 1 aromatic rings. The molecule has 2 fully saturated rings. The fourth-order valence-corrected chi connectivity index (χ4v) is 3.16. The summed E-state index contributed by atoms with van der Waals surface area (Å²) in [5.74, 6) is -1.62. The Hall–Kier alpha value is -1.91. The molecule has 0 unspecified atom stereocenters. The number of anilines is 1. The molecule has 1 saturated heterocycles. The van der Waals surface area contributed by atoms with Crippen LogP contribution < -0.4 is 4.90 Å². The van der Waals surface area contributed by atoms with E-state index in [0.717, 1.165) is 23.8 Å². The average Bonchev–Trinajstić information content (AvgIpc) is 2.89. The molecule has 19 heavy (non-hydrogen) atoms. The van der Waals surface area contributed by atoms with E-state index in [-0.39, 0.29) is 29.7 Å². The number of nitrogens with zero attached hydrogens (tertiary/aromatic N) is 1. The second kappa shape index (κ2) is 4.05. The number of amides is 2. The first-order chi connectivity index (χ1) is 9.03. The summed E-state index contributed by atoms with van der Waals surface area (Å²) in [6.07, 6.45) is 3.45. The van der Waals surface area contributed by atoms with Crippen LogP contribution in [0.5, 0.6) is 5.75 Å². The molecule has 3 rings (SSSR count). The second-order valence-electron chi connectivity index (χ2n) is 5.33. The smallest absolute Gasteiger partial charge is 0.240 e. The molecule has 5 heteroatoms. The van der Waals surface area contributed by atoms with Crippen LogP contribution in [-0.2, 0) is 9.59 Å². The Morgan fingerprint density at radius 3 is 2.53 bits per heavy atom. The van der Waals surface area contributed by atoms with E-state index in [1.807, 2.05) is 0 Å². The summed E-state index contributed by atoms with van der Waals surface area (Å²) in [4.78, 5) is 25.5. The molecule has 1 aliphatic heterocycles. The van der Waals surface area contributed by atoms with Crippen LogP contribution in [0.15, 0.2) is 18.2 Å². The number of hydrogen-bond acceptors (Lipinski definition) is 3.